The van der Waals surface area contributed by atoms with Crippen molar-refractivity contribution >= 4 is 23.7 Å². The molecule has 0 fully saturated rings. The molecule has 3 atom stereocenters. The van der Waals surface area contributed by atoms with E-state index in [9.17, 15) is 29.4 Å². The van der Waals surface area contributed by atoms with Crippen molar-refractivity contribution in [3.8, 4) is 5.75 Å². The van der Waals surface area contributed by atoms with Gasteiger partial charge in [-0.2, -0.15) is 0 Å². The van der Waals surface area contributed by atoms with E-state index in [0.29, 0.717) is 31.4 Å². The van der Waals surface area contributed by atoms with Gasteiger partial charge in [-0.05, 0) is 43.5 Å². The summed E-state index contributed by atoms with van der Waals surface area (Å²) in [6.07, 6.45) is 1.37. The normalized spacial score (nSPS) is 13.6. The molecule has 11 heteroatoms. The number of benzene rings is 1. The Kier molecular flexibility index (Phi) is 11.0. The van der Waals surface area contributed by atoms with Crippen molar-refractivity contribution < 1.29 is 29.4 Å². The lowest BCUT2D eigenvalue weighted by Crippen LogP contribution is -2.55. The summed E-state index contributed by atoms with van der Waals surface area (Å²) in [5, 5.41) is 23.7. The van der Waals surface area contributed by atoms with E-state index in [2.05, 4.69) is 10.6 Å². The van der Waals surface area contributed by atoms with Crippen LogP contribution in [0, 0.1) is 0 Å². The highest BCUT2D eigenvalue weighted by Crippen LogP contribution is 2.12. The number of primary amides is 1. The second kappa shape index (κ2) is 13.2. The number of amides is 3. The molecule has 0 spiro atoms. The van der Waals surface area contributed by atoms with Gasteiger partial charge in [0.15, 0.2) is 0 Å². The molecule has 11 nitrogen and oxygen atoms in total. The molecular weight excluding hydrogens is 406 g/mol. The minimum atomic E-state index is -1.29. The first-order valence-corrected chi connectivity index (χ1v) is 9.99. The van der Waals surface area contributed by atoms with E-state index >= 15 is 0 Å². The number of aliphatic carboxylic acids is 1. The molecule has 0 radical (unpaired) electrons. The largest absolute Gasteiger partial charge is 0.508 e. The lowest BCUT2D eigenvalue weighted by atomic mass is 10.0. The molecule has 3 unspecified atom stereocenters. The monoisotopic (exact) mass is 437 g/mol. The fraction of sp³-hybridized carbons (Fsp3) is 0.500. The van der Waals surface area contributed by atoms with Crippen molar-refractivity contribution in [3.05, 3.63) is 29.8 Å². The molecule has 172 valence electrons. The number of carbonyl (C=O) groups excluding carboxylic acids is 3. The fourth-order valence-electron chi connectivity index (χ4n) is 2.81. The van der Waals surface area contributed by atoms with Crippen molar-refractivity contribution in [2.75, 3.05) is 6.54 Å². The Balaban J connectivity index is 2.83. The first kappa shape index (κ1) is 25.9. The minimum absolute atomic E-state index is 0.0247. The number of carbonyl (C=O) groups is 4. The number of rotatable bonds is 14. The van der Waals surface area contributed by atoms with E-state index in [4.69, 9.17) is 17.2 Å². The van der Waals surface area contributed by atoms with Crippen LogP contribution in [0.15, 0.2) is 24.3 Å². The maximum atomic E-state index is 12.7. The highest BCUT2D eigenvalue weighted by atomic mass is 16.4. The highest BCUT2D eigenvalue weighted by Gasteiger charge is 2.28. The Labute approximate surface area is 180 Å². The van der Waals surface area contributed by atoms with Crippen molar-refractivity contribution in [1.29, 1.82) is 0 Å². The van der Waals surface area contributed by atoms with Crippen molar-refractivity contribution in [1.82, 2.24) is 10.6 Å². The van der Waals surface area contributed by atoms with E-state index in [1.807, 2.05) is 0 Å². The molecule has 0 saturated heterocycles. The number of aromatic hydroxyl groups is 1. The number of carboxylic acid groups (broad SMARTS) is 1. The molecule has 0 aliphatic rings. The smallest absolute Gasteiger partial charge is 0.326 e. The molecule has 0 aromatic heterocycles. The van der Waals surface area contributed by atoms with Gasteiger partial charge < -0.3 is 38.0 Å². The highest BCUT2D eigenvalue weighted by molar-refractivity contribution is 5.92. The minimum Gasteiger partial charge on any atom is -0.508 e. The standard InChI is InChI=1S/C20H31N5O6/c21-10-2-1-3-14(22)18(28)24-15(8-9-17(23)27)19(29)25-16(20(30)31)11-12-4-6-13(26)7-5-12/h4-7,14-16,26H,1-3,8-11,21-22H2,(H2,23,27)(H,24,28)(H,25,29)(H,30,31). The van der Waals surface area contributed by atoms with Crippen LogP contribution in [0.5, 0.6) is 5.75 Å². The number of nitrogens with one attached hydrogen (secondary N) is 2. The van der Waals surface area contributed by atoms with Crippen molar-refractivity contribution in [2.24, 2.45) is 17.2 Å². The lowest BCUT2D eigenvalue weighted by molar-refractivity contribution is -0.142. The molecule has 0 heterocycles. The third-order valence-electron chi connectivity index (χ3n) is 4.61. The van der Waals surface area contributed by atoms with E-state index in [-0.39, 0.29) is 25.0 Å². The Morgan fingerprint density at radius 1 is 0.935 bits per heavy atom. The number of phenols is 1. The summed E-state index contributed by atoms with van der Waals surface area (Å²) in [5.41, 5.74) is 17.0. The zero-order valence-electron chi connectivity index (χ0n) is 17.3. The second-order valence-electron chi connectivity index (χ2n) is 7.23. The van der Waals surface area contributed by atoms with Crippen LogP contribution in [-0.4, -0.2) is 58.6 Å². The zero-order chi connectivity index (χ0) is 23.4. The summed E-state index contributed by atoms with van der Waals surface area (Å²) < 4.78 is 0. The quantitative estimate of drug-likeness (QED) is 0.174. The van der Waals surface area contributed by atoms with Crippen LogP contribution in [0.4, 0.5) is 0 Å². The molecule has 31 heavy (non-hydrogen) atoms. The second-order valence-corrected chi connectivity index (χ2v) is 7.23. The lowest BCUT2D eigenvalue weighted by Gasteiger charge is -2.23. The number of nitrogens with two attached hydrogens (primary N) is 3. The van der Waals surface area contributed by atoms with E-state index in [1.165, 1.54) is 24.3 Å². The Bertz CT molecular complexity index is 755. The molecule has 1 aromatic carbocycles. The average molecular weight is 437 g/mol. The van der Waals surface area contributed by atoms with Crippen molar-refractivity contribution in [3.63, 3.8) is 0 Å². The first-order valence-electron chi connectivity index (χ1n) is 9.99. The van der Waals surface area contributed by atoms with Gasteiger partial charge in [0, 0.05) is 12.8 Å². The summed E-state index contributed by atoms with van der Waals surface area (Å²) in [6, 6.07) is 2.53. The third kappa shape index (κ3) is 9.92. The number of carboxylic acids is 1. The van der Waals surface area contributed by atoms with Crippen LogP contribution in [0.2, 0.25) is 0 Å². The number of hydrogen-bond acceptors (Lipinski definition) is 7. The first-order chi connectivity index (χ1) is 14.6. The molecule has 3 amide bonds. The number of hydrogen-bond donors (Lipinski definition) is 7. The summed E-state index contributed by atoms with van der Waals surface area (Å²) in [7, 11) is 0. The van der Waals surface area contributed by atoms with Gasteiger partial charge in [-0.3, -0.25) is 14.4 Å². The Morgan fingerprint density at radius 3 is 2.10 bits per heavy atom. The summed E-state index contributed by atoms with van der Waals surface area (Å²) >= 11 is 0. The van der Waals surface area contributed by atoms with Gasteiger partial charge in [0.25, 0.3) is 0 Å². The molecule has 0 saturated carbocycles. The molecular formula is C20H31N5O6. The third-order valence-corrected chi connectivity index (χ3v) is 4.61. The van der Waals surface area contributed by atoms with Gasteiger partial charge >= 0.3 is 5.97 Å². The molecule has 1 rings (SSSR count). The zero-order valence-corrected chi connectivity index (χ0v) is 17.3. The van der Waals surface area contributed by atoms with Crippen LogP contribution in [0.1, 0.15) is 37.7 Å². The Morgan fingerprint density at radius 2 is 1.55 bits per heavy atom. The predicted octanol–water partition coefficient (Wildman–Crippen LogP) is -1.29. The molecule has 1 aromatic rings. The number of phenolic OH excluding ortho intramolecular Hbond substituents is 1. The van der Waals surface area contributed by atoms with Crippen molar-refractivity contribution in [2.45, 2.75) is 56.7 Å². The summed E-state index contributed by atoms with van der Waals surface area (Å²) in [4.78, 5) is 47.8. The maximum absolute atomic E-state index is 12.7. The average Bonchev–Trinajstić information content (AvgIpc) is 2.71. The van der Waals surface area contributed by atoms with Gasteiger partial charge in [-0.1, -0.05) is 18.6 Å². The predicted molar refractivity (Wildman–Crippen MR) is 113 cm³/mol. The van der Waals surface area contributed by atoms with Crippen LogP contribution < -0.4 is 27.8 Å². The Hall–Kier alpha value is -3.18. The van der Waals surface area contributed by atoms with E-state index < -0.39 is 41.8 Å². The van der Waals surface area contributed by atoms with Gasteiger partial charge in [0.2, 0.25) is 17.7 Å². The van der Waals surface area contributed by atoms with Crippen LogP contribution in [0.3, 0.4) is 0 Å². The van der Waals surface area contributed by atoms with Gasteiger partial charge in [-0.25, -0.2) is 4.79 Å². The van der Waals surface area contributed by atoms with Gasteiger partial charge in [0.1, 0.15) is 17.8 Å². The maximum Gasteiger partial charge on any atom is 0.326 e. The van der Waals surface area contributed by atoms with Gasteiger partial charge in [-0.15, -0.1) is 0 Å². The summed E-state index contributed by atoms with van der Waals surface area (Å²) in [5.74, 6) is -3.28. The molecule has 10 N–H and O–H groups in total. The SMILES string of the molecule is NCCCCC(N)C(=O)NC(CCC(N)=O)C(=O)NC(Cc1ccc(O)cc1)C(=O)O. The molecule has 0 bridgehead atoms. The van der Waals surface area contributed by atoms with Crippen LogP contribution in [-0.2, 0) is 25.6 Å². The fourth-order valence-corrected chi connectivity index (χ4v) is 2.81. The topological polar surface area (TPSA) is 211 Å². The van der Waals surface area contributed by atoms with Crippen LogP contribution in [0.25, 0.3) is 0 Å². The number of unbranched alkanes of at least 4 members (excludes halogenated alkanes) is 1. The van der Waals surface area contributed by atoms with Crippen LogP contribution >= 0.6 is 0 Å². The molecule has 0 aliphatic carbocycles. The van der Waals surface area contributed by atoms with E-state index in [1.54, 1.807) is 0 Å². The summed E-state index contributed by atoms with van der Waals surface area (Å²) in [6.45, 7) is 0.468. The molecule has 0 aliphatic heterocycles. The van der Waals surface area contributed by atoms with E-state index in [0.717, 1.165) is 0 Å². The van der Waals surface area contributed by atoms with Gasteiger partial charge in [0.05, 0.1) is 6.04 Å².